The predicted octanol–water partition coefficient (Wildman–Crippen LogP) is 2.43. The van der Waals surface area contributed by atoms with Gasteiger partial charge in [0.2, 0.25) is 0 Å². The van der Waals surface area contributed by atoms with E-state index in [1.165, 1.54) is 0 Å². The summed E-state index contributed by atoms with van der Waals surface area (Å²) in [4.78, 5) is 11.3. The van der Waals surface area contributed by atoms with Crippen molar-refractivity contribution in [2.75, 3.05) is 20.1 Å². The highest BCUT2D eigenvalue weighted by atomic mass is 35.5. The van der Waals surface area contributed by atoms with E-state index in [4.69, 9.17) is 11.6 Å². The quantitative estimate of drug-likeness (QED) is 0.780. The Hall–Kier alpha value is -1.13. The van der Waals surface area contributed by atoms with E-state index >= 15 is 0 Å². The number of aryl methyl sites for hydroxylation is 1. The van der Waals surface area contributed by atoms with Crippen molar-refractivity contribution in [2.24, 2.45) is 0 Å². The van der Waals surface area contributed by atoms with Crippen molar-refractivity contribution >= 4 is 22.8 Å². The highest BCUT2D eigenvalue weighted by Crippen LogP contribution is 2.18. The van der Waals surface area contributed by atoms with E-state index in [-0.39, 0.29) is 0 Å². The minimum absolute atomic E-state index is 0.422. The van der Waals surface area contributed by atoms with Gasteiger partial charge in [0, 0.05) is 19.3 Å². The number of rotatable bonds is 5. The van der Waals surface area contributed by atoms with Crippen molar-refractivity contribution in [3.63, 3.8) is 0 Å². The van der Waals surface area contributed by atoms with Crippen LogP contribution in [-0.2, 0) is 12.4 Å². The number of aromatic nitrogens is 3. The SMILES string of the molecule is CCN(C)CCn1c(CCl)nc2c(C)ccnc21. The van der Waals surface area contributed by atoms with Crippen LogP contribution in [0.25, 0.3) is 11.2 Å². The molecule has 4 nitrogen and oxygen atoms in total. The van der Waals surface area contributed by atoms with Crippen molar-refractivity contribution in [1.29, 1.82) is 0 Å². The Balaban J connectivity index is 2.38. The summed E-state index contributed by atoms with van der Waals surface area (Å²) in [6, 6.07) is 1.98. The number of hydrogen-bond acceptors (Lipinski definition) is 3. The highest BCUT2D eigenvalue weighted by Gasteiger charge is 2.12. The predicted molar refractivity (Wildman–Crippen MR) is 75.0 cm³/mol. The van der Waals surface area contributed by atoms with Gasteiger partial charge >= 0.3 is 0 Å². The molecule has 0 aromatic carbocycles. The van der Waals surface area contributed by atoms with E-state index in [2.05, 4.69) is 40.3 Å². The molecule has 0 amide bonds. The summed E-state index contributed by atoms with van der Waals surface area (Å²) in [7, 11) is 2.11. The van der Waals surface area contributed by atoms with Crippen molar-refractivity contribution in [3.05, 3.63) is 23.7 Å². The summed E-state index contributed by atoms with van der Waals surface area (Å²) in [6.07, 6.45) is 1.83. The van der Waals surface area contributed by atoms with Crippen LogP contribution < -0.4 is 0 Å². The average Bonchev–Trinajstić information content (AvgIpc) is 2.75. The first-order chi connectivity index (χ1) is 8.67. The summed E-state index contributed by atoms with van der Waals surface area (Å²) in [5, 5.41) is 0. The molecule has 98 valence electrons. The lowest BCUT2D eigenvalue weighted by atomic mass is 10.3. The molecule has 0 N–H and O–H groups in total. The Labute approximate surface area is 113 Å². The molecule has 0 aliphatic carbocycles. The minimum atomic E-state index is 0.422. The molecule has 18 heavy (non-hydrogen) atoms. The molecular weight excluding hydrogens is 248 g/mol. The Kier molecular flexibility index (Phi) is 4.19. The maximum Gasteiger partial charge on any atom is 0.160 e. The molecule has 2 heterocycles. The van der Waals surface area contributed by atoms with Crippen LogP contribution in [0.5, 0.6) is 0 Å². The number of likely N-dealkylation sites (N-methyl/N-ethyl adjacent to an activating group) is 1. The van der Waals surface area contributed by atoms with E-state index in [1.807, 2.05) is 12.3 Å². The number of halogens is 1. The first-order valence-electron chi connectivity index (χ1n) is 6.22. The largest absolute Gasteiger partial charge is 0.310 e. The van der Waals surface area contributed by atoms with E-state index in [0.717, 1.165) is 42.2 Å². The van der Waals surface area contributed by atoms with Crippen LogP contribution in [-0.4, -0.2) is 39.6 Å². The minimum Gasteiger partial charge on any atom is -0.310 e. The smallest absolute Gasteiger partial charge is 0.160 e. The fraction of sp³-hybridized carbons (Fsp3) is 0.538. The van der Waals surface area contributed by atoms with Crippen molar-refractivity contribution in [2.45, 2.75) is 26.3 Å². The molecule has 2 rings (SSSR count). The van der Waals surface area contributed by atoms with Gasteiger partial charge in [-0.25, -0.2) is 9.97 Å². The number of fused-ring (bicyclic) bond motifs is 1. The van der Waals surface area contributed by atoms with Gasteiger partial charge in [-0.3, -0.25) is 0 Å². The number of imidazole rings is 1. The van der Waals surface area contributed by atoms with E-state index < -0.39 is 0 Å². The van der Waals surface area contributed by atoms with E-state index in [0.29, 0.717) is 5.88 Å². The third-order valence-corrected chi connectivity index (χ3v) is 3.52. The van der Waals surface area contributed by atoms with Crippen LogP contribution in [0.1, 0.15) is 18.3 Å². The zero-order chi connectivity index (χ0) is 13.1. The number of hydrogen-bond donors (Lipinski definition) is 0. The lowest BCUT2D eigenvalue weighted by Crippen LogP contribution is -2.23. The molecule has 0 bridgehead atoms. The van der Waals surface area contributed by atoms with Gasteiger partial charge in [-0.2, -0.15) is 0 Å². The maximum absolute atomic E-state index is 5.98. The molecule has 0 saturated heterocycles. The first kappa shape index (κ1) is 13.3. The van der Waals surface area contributed by atoms with Crippen molar-refractivity contribution in [1.82, 2.24) is 19.4 Å². The summed E-state index contributed by atoms with van der Waals surface area (Å²) >= 11 is 5.98. The molecule has 0 saturated carbocycles. The number of nitrogens with zero attached hydrogens (tertiary/aromatic N) is 4. The summed E-state index contributed by atoms with van der Waals surface area (Å²) in [5.74, 6) is 1.32. The monoisotopic (exact) mass is 266 g/mol. The Bertz CT molecular complexity index is 535. The van der Waals surface area contributed by atoms with E-state index in [9.17, 15) is 0 Å². The molecule has 0 aliphatic rings. The van der Waals surface area contributed by atoms with Gasteiger partial charge in [0.05, 0.1) is 5.88 Å². The van der Waals surface area contributed by atoms with Gasteiger partial charge < -0.3 is 9.47 Å². The van der Waals surface area contributed by atoms with Gasteiger partial charge in [-0.15, -0.1) is 11.6 Å². The molecule has 0 unspecified atom stereocenters. The maximum atomic E-state index is 5.98. The number of pyridine rings is 1. The molecule has 2 aromatic rings. The van der Waals surface area contributed by atoms with Gasteiger partial charge in [-0.05, 0) is 32.1 Å². The van der Waals surface area contributed by atoms with Gasteiger partial charge in [0.1, 0.15) is 11.3 Å². The molecule has 0 spiro atoms. The van der Waals surface area contributed by atoms with Crippen molar-refractivity contribution < 1.29 is 0 Å². The summed E-state index contributed by atoms with van der Waals surface area (Å²) in [6.45, 7) is 7.09. The van der Waals surface area contributed by atoms with Gasteiger partial charge in [-0.1, -0.05) is 6.92 Å². The lowest BCUT2D eigenvalue weighted by Gasteiger charge is -2.15. The molecule has 5 heteroatoms. The van der Waals surface area contributed by atoms with Gasteiger partial charge in [0.15, 0.2) is 5.65 Å². The Morgan fingerprint density at radius 2 is 2.22 bits per heavy atom. The standard InChI is InChI=1S/C13H19ClN4/c1-4-17(3)7-8-18-11(9-14)16-12-10(2)5-6-15-13(12)18/h5-6H,4,7-9H2,1-3H3. The second kappa shape index (κ2) is 5.67. The molecular formula is C13H19ClN4. The Morgan fingerprint density at radius 1 is 1.44 bits per heavy atom. The van der Waals surface area contributed by atoms with Crippen LogP contribution in [0.15, 0.2) is 12.3 Å². The molecule has 0 radical (unpaired) electrons. The molecule has 2 aromatic heterocycles. The van der Waals surface area contributed by atoms with Gasteiger partial charge in [0.25, 0.3) is 0 Å². The third kappa shape index (κ3) is 2.49. The fourth-order valence-corrected chi connectivity index (χ4v) is 2.15. The summed E-state index contributed by atoms with van der Waals surface area (Å²) < 4.78 is 2.13. The topological polar surface area (TPSA) is 34.0 Å². The molecule has 0 fully saturated rings. The van der Waals surface area contributed by atoms with Crippen LogP contribution in [0.4, 0.5) is 0 Å². The Morgan fingerprint density at radius 3 is 2.89 bits per heavy atom. The molecule has 0 atom stereocenters. The first-order valence-corrected chi connectivity index (χ1v) is 6.76. The third-order valence-electron chi connectivity index (χ3n) is 3.28. The van der Waals surface area contributed by atoms with Crippen LogP contribution in [0.3, 0.4) is 0 Å². The summed E-state index contributed by atoms with van der Waals surface area (Å²) in [5.41, 5.74) is 3.05. The lowest BCUT2D eigenvalue weighted by molar-refractivity contribution is 0.335. The molecule has 0 aliphatic heterocycles. The fourth-order valence-electron chi connectivity index (χ4n) is 1.95. The van der Waals surface area contributed by atoms with Crippen LogP contribution >= 0.6 is 11.6 Å². The van der Waals surface area contributed by atoms with Crippen molar-refractivity contribution in [3.8, 4) is 0 Å². The van der Waals surface area contributed by atoms with Crippen LogP contribution in [0, 0.1) is 6.92 Å². The average molecular weight is 267 g/mol. The normalized spacial score (nSPS) is 11.6. The zero-order valence-electron chi connectivity index (χ0n) is 11.1. The second-order valence-corrected chi connectivity index (χ2v) is 4.78. The zero-order valence-corrected chi connectivity index (χ0v) is 11.9. The second-order valence-electron chi connectivity index (χ2n) is 4.51. The van der Waals surface area contributed by atoms with E-state index in [1.54, 1.807) is 0 Å². The highest BCUT2D eigenvalue weighted by molar-refractivity contribution is 6.16. The number of alkyl halides is 1. The van der Waals surface area contributed by atoms with Crippen LogP contribution in [0.2, 0.25) is 0 Å².